The van der Waals surface area contributed by atoms with Crippen molar-refractivity contribution in [3.8, 4) is 0 Å². The van der Waals surface area contributed by atoms with Gasteiger partial charge in [0.1, 0.15) is 5.82 Å². The van der Waals surface area contributed by atoms with Gasteiger partial charge in [-0.25, -0.2) is 4.98 Å². The largest absolute Gasteiger partial charge is 0.378 e. The number of hydrogen-bond donors (Lipinski definition) is 1. The van der Waals surface area contributed by atoms with E-state index in [2.05, 4.69) is 31.9 Å². The fourth-order valence-corrected chi connectivity index (χ4v) is 4.30. The van der Waals surface area contributed by atoms with Crippen molar-refractivity contribution >= 4 is 5.82 Å². The first-order valence-electron chi connectivity index (χ1n) is 10.4. The number of aromatic nitrogens is 2. The van der Waals surface area contributed by atoms with Gasteiger partial charge in [0.05, 0.1) is 13.2 Å². The van der Waals surface area contributed by atoms with Crippen LogP contribution in [0.3, 0.4) is 0 Å². The van der Waals surface area contributed by atoms with Crippen LogP contribution in [0.2, 0.25) is 0 Å². The lowest BCUT2D eigenvalue weighted by Gasteiger charge is -2.32. The monoisotopic (exact) mass is 382 g/mol. The van der Waals surface area contributed by atoms with E-state index in [1.54, 1.807) is 6.20 Å². The Kier molecular flexibility index (Phi) is 6.39. The van der Waals surface area contributed by atoms with E-state index in [0.717, 1.165) is 69.7 Å². The van der Waals surface area contributed by atoms with Gasteiger partial charge in [-0.15, -0.1) is 0 Å². The summed E-state index contributed by atoms with van der Waals surface area (Å²) in [6.07, 6.45) is 8.31. The summed E-state index contributed by atoms with van der Waals surface area (Å²) in [4.78, 5) is 24.1. The Balaban J connectivity index is 1.28. The van der Waals surface area contributed by atoms with E-state index < -0.39 is 0 Å². The number of aromatic amines is 1. The molecule has 28 heavy (non-hydrogen) atoms. The summed E-state index contributed by atoms with van der Waals surface area (Å²) in [5, 5.41) is 0. The fraction of sp³-hybridized carbons (Fsp3) is 0.545. The lowest BCUT2D eigenvalue weighted by molar-refractivity contribution is 0.122. The highest BCUT2D eigenvalue weighted by molar-refractivity contribution is 5.47. The molecule has 0 spiro atoms. The molecule has 0 aromatic carbocycles. The number of piperidine rings is 1. The Morgan fingerprint density at radius 3 is 2.64 bits per heavy atom. The normalized spacial score (nSPS) is 19.1. The highest BCUT2D eigenvalue weighted by Crippen LogP contribution is 2.26. The number of morpholine rings is 1. The van der Waals surface area contributed by atoms with Crippen LogP contribution in [0.1, 0.15) is 30.4 Å². The Morgan fingerprint density at radius 1 is 1.07 bits per heavy atom. The van der Waals surface area contributed by atoms with Crippen LogP contribution in [0.25, 0.3) is 0 Å². The van der Waals surface area contributed by atoms with Gasteiger partial charge < -0.3 is 14.6 Å². The molecule has 6 heteroatoms. The van der Waals surface area contributed by atoms with Crippen molar-refractivity contribution in [1.29, 1.82) is 0 Å². The van der Waals surface area contributed by atoms with Crippen molar-refractivity contribution in [1.82, 2.24) is 14.9 Å². The lowest BCUT2D eigenvalue weighted by Crippen LogP contribution is -2.37. The third-order valence-electron chi connectivity index (χ3n) is 6.00. The summed E-state index contributed by atoms with van der Waals surface area (Å²) in [6, 6.07) is 8.12. The zero-order valence-electron chi connectivity index (χ0n) is 16.5. The Labute approximate surface area is 166 Å². The van der Waals surface area contributed by atoms with Crippen LogP contribution < -0.4 is 10.5 Å². The number of H-pyrrole nitrogens is 1. The van der Waals surface area contributed by atoms with E-state index >= 15 is 0 Å². The molecule has 0 atom stereocenters. The SMILES string of the molecule is O=c1[nH]cccc1CN1CCC(CCc2cccnc2N2CCOCC2)CC1. The average Bonchev–Trinajstić information content (AvgIpc) is 2.76. The predicted molar refractivity (Wildman–Crippen MR) is 111 cm³/mol. The summed E-state index contributed by atoms with van der Waals surface area (Å²) >= 11 is 0. The predicted octanol–water partition coefficient (Wildman–Crippen LogP) is 2.45. The number of aryl methyl sites for hydroxylation is 1. The minimum atomic E-state index is 0.0387. The molecule has 2 aliphatic rings. The van der Waals surface area contributed by atoms with Gasteiger partial charge in [-0.05, 0) is 62.4 Å². The highest BCUT2D eigenvalue weighted by atomic mass is 16.5. The van der Waals surface area contributed by atoms with E-state index in [9.17, 15) is 4.79 Å². The molecular formula is C22H30N4O2. The van der Waals surface area contributed by atoms with Crippen LogP contribution in [-0.2, 0) is 17.7 Å². The molecule has 0 bridgehead atoms. The smallest absolute Gasteiger partial charge is 0.252 e. The Morgan fingerprint density at radius 2 is 1.86 bits per heavy atom. The number of likely N-dealkylation sites (tertiary alicyclic amines) is 1. The number of nitrogens with one attached hydrogen (secondary N) is 1. The molecule has 0 unspecified atom stereocenters. The van der Waals surface area contributed by atoms with Gasteiger partial charge in [0.2, 0.25) is 0 Å². The van der Waals surface area contributed by atoms with E-state index in [0.29, 0.717) is 0 Å². The van der Waals surface area contributed by atoms with E-state index in [1.807, 2.05) is 18.3 Å². The van der Waals surface area contributed by atoms with Gasteiger partial charge in [-0.3, -0.25) is 9.69 Å². The van der Waals surface area contributed by atoms with Crippen LogP contribution in [0.15, 0.2) is 41.5 Å². The van der Waals surface area contributed by atoms with Gasteiger partial charge in [0.15, 0.2) is 0 Å². The maximum atomic E-state index is 11.9. The summed E-state index contributed by atoms with van der Waals surface area (Å²) < 4.78 is 5.48. The number of anilines is 1. The molecule has 2 aromatic heterocycles. The fourth-order valence-electron chi connectivity index (χ4n) is 4.30. The number of nitrogens with zero attached hydrogens (tertiary/aromatic N) is 3. The minimum absolute atomic E-state index is 0.0387. The first-order chi connectivity index (χ1) is 13.8. The van der Waals surface area contributed by atoms with E-state index in [1.165, 1.54) is 24.8 Å². The second kappa shape index (κ2) is 9.34. The van der Waals surface area contributed by atoms with Crippen LogP contribution in [0.5, 0.6) is 0 Å². The summed E-state index contributed by atoms with van der Waals surface area (Å²) in [7, 11) is 0. The summed E-state index contributed by atoms with van der Waals surface area (Å²) in [6.45, 7) is 6.34. The van der Waals surface area contributed by atoms with Crippen LogP contribution in [0, 0.1) is 5.92 Å². The highest BCUT2D eigenvalue weighted by Gasteiger charge is 2.21. The second-order valence-electron chi connectivity index (χ2n) is 7.87. The number of ether oxygens (including phenoxy) is 1. The third kappa shape index (κ3) is 4.80. The topological polar surface area (TPSA) is 61.5 Å². The molecule has 2 fully saturated rings. The molecule has 150 valence electrons. The Bertz CT molecular complexity index is 808. The number of rotatable bonds is 6. The lowest BCUT2D eigenvalue weighted by atomic mass is 9.90. The zero-order valence-corrected chi connectivity index (χ0v) is 16.5. The first kappa shape index (κ1) is 19.2. The zero-order chi connectivity index (χ0) is 19.2. The van der Waals surface area contributed by atoms with Crippen molar-refractivity contribution in [2.75, 3.05) is 44.3 Å². The first-order valence-corrected chi connectivity index (χ1v) is 10.4. The number of pyridine rings is 2. The van der Waals surface area contributed by atoms with Crippen molar-refractivity contribution in [2.45, 2.75) is 32.2 Å². The van der Waals surface area contributed by atoms with Crippen molar-refractivity contribution < 1.29 is 4.74 Å². The van der Waals surface area contributed by atoms with Crippen LogP contribution >= 0.6 is 0 Å². The third-order valence-corrected chi connectivity index (χ3v) is 6.00. The molecule has 0 saturated carbocycles. The molecule has 0 radical (unpaired) electrons. The Hall–Kier alpha value is -2.18. The van der Waals surface area contributed by atoms with E-state index in [-0.39, 0.29) is 5.56 Å². The molecule has 4 heterocycles. The molecule has 6 nitrogen and oxygen atoms in total. The van der Waals surface area contributed by atoms with Gasteiger partial charge in [-0.1, -0.05) is 12.1 Å². The number of hydrogen-bond acceptors (Lipinski definition) is 5. The van der Waals surface area contributed by atoms with Gasteiger partial charge in [0.25, 0.3) is 5.56 Å². The van der Waals surface area contributed by atoms with Crippen LogP contribution in [-0.4, -0.2) is 54.3 Å². The maximum Gasteiger partial charge on any atom is 0.252 e. The molecule has 2 aliphatic heterocycles. The van der Waals surface area contributed by atoms with Gasteiger partial charge in [0, 0.05) is 37.6 Å². The quantitative estimate of drug-likeness (QED) is 0.832. The molecule has 2 aromatic rings. The standard InChI is InChI=1S/C22H30N4O2/c27-22-20(4-2-10-24-22)17-25-11-7-18(8-12-25)5-6-19-3-1-9-23-21(19)26-13-15-28-16-14-26/h1-4,9-10,18H,5-8,11-17H2,(H,24,27). The van der Waals surface area contributed by atoms with Crippen molar-refractivity contribution in [3.63, 3.8) is 0 Å². The minimum Gasteiger partial charge on any atom is -0.378 e. The summed E-state index contributed by atoms with van der Waals surface area (Å²) in [5.74, 6) is 1.90. The average molecular weight is 383 g/mol. The molecule has 2 saturated heterocycles. The van der Waals surface area contributed by atoms with Crippen molar-refractivity contribution in [3.05, 3.63) is 58.1 Å². The summed E-state index contributed by atoms with van der Waals surface area (Å²) in [5.41, 5.74) is 2.27. The molecule has 0 aliphatic carbocycles. The van der Waals surface area contributed by atoms with Crippen LogP contribution in [0.4, 0.5) is 5.82 Å². The van der Waals surface area contributed by atoms with Gasteiger partial charge >= 0.3 is 0 Å². The molecule has 1 N–H and O–H groups in total. The molecule has 0 amide bonds. The van der Waals surface area contributed by atoms with Gasteiger partial charge in [-0.2, -0.15) is 0 Å². The molecule has 4 rings (SSSR count). The second-order valence-corrected chi connectivity index (χ2v) is 7.87. The maximum absolute atomic E-state index is 11.9. The van der Waals surface area contributed by atoms with E-state index in [4.69, 9.17) is 4.74 Å². The van der Waals surface area contributed by atoms with Crippen molar-refractivity contribution in [2.24, 2.45) is 5.92 Å². The molecular weight excluding hydrogens is 352 g/mol.